The summed E-state index contributed by atoms with van der Waals surface area (Å²) in [5, 5.41) is 8.99. The van der Waals surface area contributed by atoms with Crippen LogP contribution >= 0.6 is 0 Å². The molecule has 96 valence electrons. The highest BCUT2D eigenvalue weighted by Crippen LogP contribution is 2.30. The first-order valence-corrected chi connectivity index (χ1v) is 5.53. The highest BCUT2D eigenvalue weighted by atomic mass is 19.4. The number of aliphatic hydroxyl groups is 1. The van der Waals surface area contributed by atoms with Crippen molar-refractivity contribution in [2.45, 2.75) is 38.0 Å². The minimum absolute atomic E-state index is 0.0555. The standard InChI is InChI=1S/C10H19F3N2O/c1-7(14)9(10(11,12)13)15-4-2-3-8(5-15)6-16/h7-9,16H,2-6,14H2,1H3. The zero-order valence-electron chi connectivity index (χ0n) is 9.37. The van der Waals surface area contributed by atoms with E-state index in [-0.39, 0.29) is 19.1 Å². The summed E-state index contributed by atoms with van der Waals surface area (Å²) in [6.45, 7) is 2.01. The molecule has 0 amide bonds. The molecule has 0 aromatic rings. The second-order valence-corrected chi connectivity index (χ2v) is 4.53. The number of hydrogen-bond acceptors (Lipinski definition) is 3. The summed E-state index contributed by atoms with van der Waals surface area (Å²) in [6, 6.07) is -2.54. The lowest BCUT2D eigenvalue weighted by atomic mass is 9.96. The third-order valence-corrected chi connectivity index (χ3v) is 3.04. The Bertz CT molecular complexity index is 221. The summed E-state index contributed by atoms with van der Waals surface area (Å²) in [5.41, 5.74) is 5.42. The van der Waals surface area contributed by atoms with E-state index in [9.17, 15) is 13.2 Å². The minimum atomic E-state index is -4.30. The normalized spacial score (nSPS) is 27.8. The third-order valence-electron chi connectivity index (χ3n) is 3.04. The van der Waals surface area contributed by atoms with Crippen molar-refractivity contribution in [3.63, 3.8) is 0 Å². The maximum absolute atomic E-state index is 12.8. The van der Waals surface area contributed by atoms with Crippen molar-refractivity contribution >= 4 is 0 Å². The van der Waals surface area contributed by atoms with Gasteiger partial charge in [-0.15, -0.1) is 0 Å². The number of nitrogens with zero attached hydrogens (tertiary/aromatic N) is 1. The average molecular weight is 240 g/mol. The van der Waals surface area contributed by atoms with Gasteiger partial charge in [-0.05, 0) is 32.2 Å². The van der Waals surface area contributed by atoms with Crippen LogP contribution in [0, 0.1) is 5.92 Å². The summed E-state index contributed by atoms with van der Waals surface area (Å²) in [7, 11) is 0. The Morgan fingerprint density at radius 2 is 2.12 bits per heavy atom. The Morgan fingerprint density at radius 3 is 2.56 bits per heavy atom. The van der Waals surface area contributed by atoms with Crippen molar-refractivity contribution in [1.82, 2.24) is 4.90 Å². The predicted molar refractivity (Wildman–Crippen MR) is 54.9 cm³/mol. The lowest BCUT2D eigenvalue weighted by Crippen LogP contribution is -2.57. The minimum Gasteiger partial charge on any atom is -0.396 e. The molecule has 3 N–H and O–H groups in total. The Balaban J connectivity index is 2.71. The molecule has 6 heteroatoms. The molecule has 1 heterocycles. The van der Waals surface area contributed by atoms with Crippen LogP contribution in [0.3, 0.4) is 0 Å². The molecule has 3 atom stereocenters. The highest BCUT2D eigenvalue weighted by Gasteiger charge is 2.46. The molecule has 1 saturated heterocycles. The summed E-state index contributed by atoms with van der Waals surface area (Å²) in [4.78, 5) is 1.36. The van der Waals surface area contributed by atoms with Crippen molar-refractivity contribution < 1.29 is 18.3 Å². The van der Waals surface area contributed by atoms with Gasteiger partial charge in [0.1, 0.15) is 6.04 Å². The first-order chi connectivity index (χ1) is 7.36. The SMILES string of the molecule is CC(N)C(N1CCCC(CO)C1)C(F)(F)F. The Morgan fingerprint density at radius 1 is 1.50 bits per heavy atom. The lowest BCUT2D eigenvalue weighted by Gasteiger charge is -2.40. The smallest absolute Gasteiger partial charge is 0.396 e. The summed E-state index contributed by atoms with van der Waals surface area (Å²) in [5.74, 6) is -0.0580. The number of aliphatic hydroxyl groups excluding tert-OH is 1. The molecule has 3 nitrogen and oxygen atoms in total. The van der Waals surface area contributed by atoms with Gasteiger partial charge in [-0.25, -0.2) is 0 Å². The average Bonchev–Trinajstić information content (AvgIpc) is 2.15. The predicted octanol–water partition coefficient (Wildman–Crippen LogP) is 0.969. The molecule has 0 spiro atoms. The molecule has 0 aromatic carbocycles. The zero-order valence-corrected chi connectivity index (χ0v) is 9.37. The Hall–Kier alpha value is -0.330. The van der Waals surface area contributed by atoms with Gasteiger partial charge in [0.15, 0.2) is 0 Å². The van der Waals surface area contributed by atoms with Gasteiger partial charge in [-0.2, -0.15) is 13.2 Å². The quantitative estimate of drug-likeness (QED) is 0.772. The van der Waals surface area contributed by atoms with Crippen LogP contribution in [-0.2, 0) is 0 Å². The van der Waals surface area contributed by atoms with E-state index < -0.39 is 18.3 Å². The van der Waals surface area contributed by atoms with Crippen LogP contribution in [-0.4, -0.2) is 48.0 Å². The highest BCUT2D eigenvalue weighted by molar-refractivity contribution is 4.88. The van der Waals surface area contributed by atoms with Crippen LogP contribution < -0.4 is 5.73 Å². The van der Waals surface area contributed by atoms with Gasteiger partial charge in [0, 0.05) is 19.2 Å². The maximum Gasteiger partial charge on any atom is 0.405 e. The Kier molecular flexibility index (Phi) is 4.58. The van der Waals surface area contributed by atoms with Gasteiger partial charge in [0.25, 0.3) is 0 Å². The van der Waals surface area contributed by atoms with Gasteiger partial charge in [-0.3, -0.25) is 4.90 Å². The monoisotopic (exact) mass is 240 g/mol. The molecular weight excluding hydrogens is 221 g/mol. The van der Waals surface area contributed by atoms with Crippen LogP contribution in [0.15, 0.2) is 0 Å². The van der Waals surface area contributed by atoms with Crippen molar-refractivity contribution in [2.75, 3.05) is 19.7 Å². The van der Waals surface area contributed by atoms with E-state index in [4.69, 9.17) is 10.8 Å². The fourth-order valence-electron chi connectivity index (χ4n) is 2.34. The lowest BCUT2D eigenvalue weighted by molar-refractivity contribution is -0.192. The van der Waals surface area contributed by atoms with E-state index in [1.807, 2.05) is 0 Å². The fourth-order valence-corrected chi connectivity index (χ4v) is 2.34. The van der Waals surface area contributed by atoms with Crippen LogP contribution in [0.5, 0.6) is 0 Å². The first-order valence-electron chi connectivity index (χ1n) is 5.53. The summed E-state index contributed by atoms with van der Waals surface area (Å²) >= 11 is 0. The van der Waals surface area contributed by atoms with E-state index >= 15 is 0 Å². The maximum atomic E-state index is 12.8. The van der Waals surface area contributed by atoms with Gasteiger partial charge in [0.2, 0.25) is 0 Å². The van der Waals surface area contributed by atoms with Crippen molar-refractivity contribution in [3.8, 4) is 0 Å². The van der Waals surface area contributed by atoms with Crippen molar-refractivity contribution in [3.05, 3.63) is 0 Å². The Labute approximate surface area is 93.4 Å². The van der Waals surface area contributed by atoms with Crippen LogP contribution in [0.1, 0.15) is 19.8 Å². The molecule has 1 aliphatic heterocycles. The van der Waals surface area contributed by atoms with E-state index in [1.54, 1.807) is 0 Å². The number of rotatable bonds is 3. The van der Waals surface area contributed by atoms with Gasteiger partial charge < -0.3 is 10.8 Å². The fraction of sp³-hybridized carbons (Fsp3) is 1.00. The van der Waals surface area contributed by atoms with Crippen LogP contribution in [0.4, 0.5) is 13.2 Å². The third kappa shape index (κ3) is 3.33. The first kappa shape index (κ1) is 13.7. The molecule has 1 rings (SSSR count). The van der Waals surface area contributed by atoms with E-state index in [2.05, 4.69) is 0 Å². The van der Waals surface area contributed by atoms with Crippen molar-refractivity contribution in [1.29, 1.82) is 0 Å². The second-order valence-electron chi connectivity index (χ2n) is 4.53. The number of nitrogens with two attached hydrogens (primary N) is 1. The van der Waals surface area contributed by atoms with E-state index in [1.165, 1.54) is 11.8 Å². The molecule has 3 unspecified atom stereocenters. The number of alkyl halides is 3. The van der Waals surface area contributed by atoms with Gasteiger partial charge >= 0.3 is 6.18 Å². The molecule has 0 bridgehead atoms. The van der Waals surface area contributed by atoms with Crippen LogP contribution in [0.2, 0.25) is 0 Å². The molecule has 0 radical (unpaired) electrons. The van der Waals surface area contributed by atoms with Gasteiger partial charge in [-0.1, -0.05) is 0 Å². The molecular formula is C10H19F3N2O. The molecule has 0 aliphatic carbocycles. The van der Waals surface area contributed by atoms with Crippen LogP contribution in [0.25, 0.3) is 0 Å². The van der Waals surface area contributed by atoms with Gasteiger partial charge in [0.05, 0.1) is 0 Å². The van der Waals surface area contributed by atoms with Crippen molar-refractivity contribution in [2.24, 2.45) is 11.7 Å². The number of likely N-dealkylation sites (tertiary alicyclic amines) is 1. The summed E-state index contributed by atoms with van der Waals surface area (Å²) in [6.07, 6.45) is -2.83. The molecule has 16 heavy (non-hydrogen) atoms. The topological polar surface area (TPSA) is 49.5 Å². The van der Waals surface area contributed by atoms with E-state index in [0.29, 0.717) is 13.0 Å². The number of halogens is 3. The summed E-state index contributed by atoms with van der Waals surface area (Å²) < 4.78 is 38.4. The molecule has 1 aliphatic rings. The molecule has 0 aromatic heterocycles. The largest absolute Gasteiger partial charge is 0.405 e. The second kappa shape index (κ2) is 5.33. The zero-order chi connectivity index (χ0) is 12.3. The molecule has 0 saturated carbocycles. The number of piperidine rings is 1. The van der Waals surface area contributed by atoms with E-state index in [0.717, 1.165) is 6.42 Å². The number of hydrogen-bond donors (Lipinski definition) is 2. The molecule has 1 fully saturated rings.